The van der Waals surface area contributed by atoms with Gasteiger partial charge in [0, 0.05) is 57.1 Å². The highest BCUT2D eigenvalue weighted by atomic mass is 35.5. The molecule has 5 rings (SSSR count). The van der Waals surface area contributed by atoms with Crippen LogP contribution >= 0.6 is 23.2 Å². The molecule has 1 saturated carbocycles. The van der Waals surface area contributed by atoms with Gasteiger partial charge >= 0.3 is 6.09 Å². The van der Waals surface area contributed by atoms with Crippen LogP contribution in [0.2, 0.25) is 10.0 Å². The van der Waals surface area contributed by atoms with Gasteiger partial charge in [0.15, 0.2) is 0 Å². The number of piperidine rings is 1. The lowest BCUT2D eigenvalue weighted by molar-refractivity contribution is -0.142. The summed E-state index contributed by atoms with van der Waals surface area (Å²) in [5.41, 5.74) is 0.742. The van der Waals surface area contributed by atoms with Gasteiger partial charge in [0.05, 0.1) is 22.2 Å². The monoisotopic (exact) mass is 565 g/mol. The van der Waals surface area contributed by atoms with Crippen LogP contribution in [0.5, 0.6) is 0 Å². The molecule has 38 heavy (non-hydrogen) atoms. The normalized spacial score (nSPS) is 26.9. The van der Waals surface area contributed by atoms with Crippen molar-refractivity contribution in [1.82, 2.24) is 14.7 Å². The van der Waals surface area contributed by atoms with E-state index in [1.54, 1.807) is 18.0 Å². The average Bonchev–Trinajstić information content (AvgIpc) is 3.30. The van der Waals surface area contributed by atoms with Crippen LogP contribution in [0.4, 0.5) is 4.79 Å². The third kappa shape index (κ3) is 5.77. The van der Waals surface area contributed by atoms with Crippen molar-refractivity contribution in [3.63, 3.8) is 0 Å². The molecule has 0 bridgehead atoms. The Bertz CT molecular complexity index is 1070. The first kappa shape index (κ1) is 27.5. The van der Waals surface area contributed by atoms with Crippen molar-refractivity contribution in [2.24, 2.45) is 11.3 Å². The second kappa shape index (κ2) is 11.2. The van der Waals surface area contributed by atoms with Crippen LogP contribution in [-0.4, -0.2) is 91.2 Å². The van der Waals surface area contributed by atoms with E-state index in [2.05, 4.69) is 0 Å². The van der Waals surface area contributed by atoms with E-state index < -0.39 is 6.09 Å². The largest absolute Gasteiger partial charge is 0.447 e. The second-order valence-electron chi connectivity index (χ2n) is 11.5. The van der Waals surface area contributed by atoms with E-state index in [0.717, 1.165) is 31.2 Å². The van der Waals surface area contributed by atoms with Gasteiger partial charge in [0.2, 0.25) is 11.8 Å². The number of benzene rings is 1. The minimum absolute atomic E-state index is 0.0554. The Morgan fingerprint density at radius 1 is 1.08 bits per heavy atom. The summed E-state index contributed by atoms with van der Waals surface area (Å²) in [7, 11) is 1.73. The number of likely N-dealkylation sites (N-methyl/N-ethyl adjacent to an activating group) is 1. The SMILES string of the molecule is CN(C(=O)OC[C@H]1CCCO1)[C@H]1CN(C(=O)C2CCN(C(=O)C3(C)CC3)CC2)C[C@@H]1c1ccc(Cl)c(Cl)c1. The van der Waals surface area contributed by atoms with Gasteiger partial charge in [-0.05, 0) is 56.2 Å². The molecule has 3 heterocycles. The number of hydrogen-bond donors (Lipinski definition) is 0. The van der Waals surface area contributed by atoms with Gasteiger partial charge in [0.1, 0.15) is 6.61 Å². The molecule has 208 valence electrons. The van der Waals surface area contributed by atoms with Crippen molar-refractivity contribution < 1.29 is 23.9 Å². The molecule has 3 amide bonds. The quantitative estimate of drug-likeness (QED) is 0.504. The Morgan fingerprint density at radius 2 is 1.82 bits per heavy atom. The minimum atomic E-state index is -0.426. The molecular weight excluding hydrogens is 529 g/mol. The van der Waals surface area contributed by atoms with Gasteiger partial charge in [-0.1, -0.05) is 36.2 Å². The lowest BCUT2D eigenvalue weighted by atomic mass is 9.93. The molecule has 0 aromatic heterocycles. The van der Waals surface area contributed by atoms with Crippen molar-refractivity contribution in [1.29, 1.82) is 0 Å². The molecule has 0 spiro atoms. The zero-order chi connectivity index (χ0) is 27.0. The first-order valence-electron chi connectivity index (χ1n) is 13.7. The van der Waals surface area contributed by atoms with Crippen molar-refractivity contribution in [3.05, 3.63) is 33.8 Å². The maximum atomic E-state index is 13.6. The van der Waals surface area contributed by atoms with Gasteiger partial charge in [0.25, 0.3) is 0 Å². The molecule has 4 aliphatic rings. The number of rotatable bonds is 6. The zero-order valence-electron chi connectivity index (χ0n) is 22.2. The summed E-state index contributed by atoms with van der Waals surface area (Å²) in [4.78, 5) is 44.8. The molecule has 4 fully saturated rings. The number of carbonyl (C=O) groups is 3. The Hall–Kier alpha value is -2.03. The predicted molar refractivity (Wildman–Crippen MR) is 144 cm³/mol. The van der Waals surface area contributed by atoms with Gasteiger partial charge in [-0.15, -0.1) is 0 Å². The van der Waals surface area contributed by atoms with Gasteiger partial charge in [-0.25, -0.2) is 4.79 Å². The number of nitrogens with zero attached hydrogens (tertiary/aromatic N) is 3. The molecule has 8 nitrogen and oxygen atoms in total. The second-order valence-corrected chi connectivity index (χ2v) is 12.4. The highest BCUT2D eigenvalue weighted by Gasteiger charge is 2.48. The Labute approximate surface area is 234 Å². The standard InChI is InChI=1S/C28H37Cl2N3O5/c1-28(9-10-28)26(35)32-11-7-18(8-12-32)25(34)33-15-21(19-5-6-22(29)23(30)14-19)24(16-33)31(2)27(36)38-17-20-4-3-13-37-20/h5-6,14,18,20-21,24H,3-4,7-13,15-17H2,1-2H3/t20-,21-,24+/m1/s1. The summed E-state index contributed by atoms with van der Waals surface area (Å²) < 4.78 is 11.2. The van der Waals surface area contributed by atoms with E-state index in [4.69, 9.17) is 32.7 Å². The van der Waals surface area contributed by atoms with E-state index in [9.17, 15) is 14.4 Å². The molecule has 3 saturated heterocycles. The average molecular weight is 567 g/mol. The number of ether oxygens (including phenoxy) is 2. The molecule has 0 unspecified atom stereocenters. The topological polar surface area (TPSA) is 79.4 Å². The maximum Gasteiger partial charge on any atom is 0.409 e. The number of likely N-dealkylation sites (tertiary alicyclic amines) is 2. The van der Waals surface area contributed by atoms with Crippen LogP contribution in [0.15, 0.2) is 18.2 Å². The highest BCUT2D eigenvalue weighted by Crippen LogP contribution is 2.47. The Balaban J connectivity index is 1.26. The summed E-state index contributed by atoms with van der Waals surface area (Å²) in [5, 5.41) is 0.904. The number of hydrogen-bond acceptors (Lipinski definition) is 5. The van der Waals surface area contributed by atoms with E-state index >= 15 is 0 Å². The third-order valence-electron chi connectivity index (χ3n) is 8.82. The molecule has 0 radical (unpaired) electrons. The fourth-order valence-corrected chi connectivity index (χ4v) is 6.28. The van der Waals surface area contributed by atoms with Crippen LogP contribution < -0.4 is 0 Å². The van der Waals surface area contributed by atoms with Gasteiger partial charge in [-0.2, -0.15) is 0 Å². The van der Waals surface area contributed by atoms with E-state index in [-0.39, 0.29) is 47.8 Å². The molecule has 0 N–H and O–H groups in total. The summed E-state index contributed by atoms with van der Waals surface area (Å²) in [6, 6.07) is 5.21. The number of halogens is 2. The lowest BCUT2D eigenvalue weighted by Gasteiger charge is -2.34. The van der Waals surface area contributed by atoms with Gasteiger partial charge in [-0.3, -0.25) is 9.59 Å². The zero-order valence-corrected chi connectivity index (χ0v) is 23.7. The third-order valence-corrected chi connectivity index (χ3v) is 9.56. The molecule has 3 atom stereocenters. The summed E-state index contributed by atoms with van der Waals surface area (Å²) >= 11 is 12.5. The highest BCUT2D eigenvalue weighted by molar-refractivity contribution is 6.42. The first-order valence-corrected chi connectivity index (χ1v) is 14.5. The Morgan fingerprint density at radius 3 is 2.45 bits per heavy atom. The van der Waals surface area contributed by atoms with E-state index in [1.165, 1.54) is 0 Å². The molecular formula is C28H37Cl2N3O5. The van der Waals surface area contributed by atoms with Gasteiger partial charge < -0.3 is 24.2 Å². The fourth-order valence-electron chi connectivity index (χ4n) is 5.98. The molecule has 1 aliphatic carbocycles. The van der Waals surface area contributed by atoms with E-state index in [1.807, 2.05) is 28.9 Å². The Kier molecular flexibility index (Phi) is 8.13. The van der Waals surface area contributed by atoms with E-state index in [0.29, 0.717) is 55.7 Å². The van der Waals surface area contributed by atoms with Crippen molar-refractivity contribution in [3.8, 4) is 0 Å². The van der Waals surface area contributed by atoms with Crippen LogP contribution in [0.3, 0.4) is 0 Å². The molecule has 10 heteroatoms. The minimum Gasteiger partial charge on any atom is -0.447 e. The molecule has 1 aromatic carbocycles. The summed E-state index contributed by atoms with van der Waals surface area (Å²) in [6.45, 7) is 5.08. The van der Waals surface area contributed by atoms with Crippen LogP contribution in [0.25, 0.3) is 0 Å². The van der Waals surface area contributed by atoms with Crippen LogP contribution in [-0.2, 0) is 19.1 Å². The smallest absolute Gasteiger partial charge is 0.409 e. The van der Waals surface area contributed by atoms with Crippen LogP contribution in [0, 0.1) is 11.3 Å². The maximum absolute atomic E-state index is 13.6. The fraction of sp³-hybridized carbons (Fsp3) is 0.679. The number of carbonyl (C=O) groups excluding carboxylic acids is 3. The first-order chi connectivity index (χ1) is 18.2. The summed E-state index contributed by atoms with van der Waals surface area (Å²) in [6.07, 6.45) is 4.63. The van der Waals surface area contributed by atoms with Crippen LogP contribution in [0.1, 0.15) is 56.9 Å². The van der Waals surface area contributed by atoms with Crippen molar-refractivity contribution in [2.45, 2.75) is 63.5 Å². The van der Waals surface area contributed by atoms with Crippen molar-refractivity contribution in [2.75, 3.05) is 46.4 Å². The summed E-state index contributed by atoms with van der Waals surface area (Å²) in [5.74, 6) is 0.0531. The predicted octanol–water partition coefficient (Wildman–Crippen LogP) is 4.57. The molecule has 3 aliphatic heterocycles. The lowest BCUT2D eigenvalue weighted by Crippen LogP contribution is -2.46. The van der Waals surface area contributed by atoms with Crippen molar-refractivity contribution >= 4 is 41.1 Å². The number of amides is 3. The molecule has 1 aromatic rings.